The van der Waals surface area contributed by atoms with E-state index in [1.54, 1.807) is 11.8 Å². The second-order valence-electron chi connectivity index (χ2n) is 5.79. The summed E-state index contributed by atoms with van der Waals surface area (Å²) in [6.45, 7) is 3.82. The molecular weight excluding hydrogens is 320 g/mol. The zero-order valence-electron chi connectivity index (χ0n) is 14.5. The van der Waals surface area contributed by atoms with Crippen LogP contribution in [0.4, 0.5) is 5.69 Å². The van der Waals surface area contributed by atoms with E-state index in [-0.39, 0.29) is 5.91 Å². The Hall–Kier alpha value is -1.98. The van der Waals surface area contributed by atoms with E-state index in [0.29, 0.717) is 13.2 Å². The Morgan fingerprint density at radius 1 is 1.17 bits per heavy atom. The second kappa shape index (κ2) is 9.35. The summed E-state index contributed by atoms with van der Waals surface area (Å²) in [4.78, 5) is 14.4. The van der Waals surface area contributed by atoms with Gasteiger partial charge in [0, 0.05) is 4.90 Å². The summed E-state index contributed by atoms with van der Waals surface area (Å²) in [5.41, 5.74) is 2.09. The van der Waals surface area contributed by atoms with Crippen LogP contribution in [-0.4, -0.2) is 38.9 Å². The number of para-hydroxylation sites is 1. The fourth-order valence-electron chi connectivity index (χ4n) is 2.28. The molecule has 2 aromatic rings. The number of nitrogens with one attached hydrogen (secondary N) is 2. The highest BCUT2D eigenvalue weighted by molar-refractivity contribution is 7.98. The maximum absolute atomic E-state index is 12.2. The van der Waals surface area contributed by atoms with Crippen molar-refractivity contribution in [3.63, 3.8) is 0 Å². The molecule has 2 aromatic carbocycles. The summed E-state index contributed by atoms with van der Waals surface area (Å²) >= 11 is 1.63. The van der Waals surface area contributed by atoms with Gasteiger partial charge in [0.15, 0.2) is 6.54 Å². The molecule has 0 heterocycles. The van der Waals surface area contributed by atoms with Gasteiger partial charge in [-0.15, -0.1) is 11.8 Å². The summed E-state index contributed by atoms with van der Waals surface area (Å²) in [6.07, 6.45) is 2.00. The van der Waals surface area contributed by atoms with Crippen molar-refractivity contribution in [2.75, 3.05) is 38.3 Å². The van der Waals surface area contributed by atoms with E-state index >= 15 is 0 Å². The monoisotopic (exact) mass is 345 g/mol. The molecule has 1 amide bonds. The first-order valence-electron chi connectivity index (χ1n) is 8.02. The number of likely N-dealkylation sites (N-methyl/N-ethyl adjacent to an activating group) is 1. The number of rotatable bonds is 8. The number of hydrogen-bond donors (Lipinski definition) is 2. The lowest BCUT2D eigenvalue weighted by Gasteiger charge is -2.15. The number of aryl methyl sites for hydroxylation is 1. The first-order valence-corrected chi connectivity index (χ1v) is 9.24. The Morgan fingerprint density at radius 3 is 2.58 bits per heavy atom. The smallest absolute Gasteiger partial charge is 0.279 e. The Balaban J connectivity index is 1.74. The minimum absolute atomic E-state index is 0.0179. The molecule has 0 spiro atoms. The third-order valence-corrected chi connectivity index (χ3v) is 4.46. The van der Waals surface area contributed by atoms with Gasteiger partial charge in [-0.3, -0.25) is 4.79 Å². The normalized spacial score (nSPS) is 11.8. The predicted octanol–water partition coefficient (Wildman–Crippen LogP) is 2.25. The Labute approximate surface area is 148 Å². The molecule has 0 fully saturated rings. The van der Waals surface area contributed by atoms with Crippen molar-refractivity contribution in [1.29, 1.82) is 0 Å². The minimum Gasteiger partial charge on any atom is -0.488 e. The van der Waals surface area contributed by atoms with E-state index in [1.807, 2.05) is 61.8 Å². The van der Waals surface area contributed by atoms with Crippen LogP contribution in [0.25, 0.3) is 0 Å². The lowest BCUT2D eigenvalue weighted by atomic mass is 10.2. The average molecular weight is 345 g/mol. The zero-order valence-corrected chi connectivity index (χ0v) is 15.3. The van der Waals surface area contributed by atoms with Gasteiger partial charge in [0.1, 0.15) is 18.9 Å². The maximum Gasteiger partial charge on any atom is 0.279 e. The highest BCUT2D eigenvalue weighted by Crippen LogP contribution is 2.24. The van der Waals surface area contributed by atoms with Crippen molar-refractivity contribution in [2.45, 2.75) is 11.8 Å². The van der Waals surface area contributed by atoms with E-state index < -0.39 is 0 Å². The number of carbonyl (C=O) groups excluding carboxylic acids is 1. The van der Waals surface area contributed by atoms with E-state index in [0.717, 1.165) is 27.8 Å². The quantitative estimate of drug-likeness (QED) is 0.721. The highest BCUT2D eigenvalue weighted by Gasteiger charge is 2.11. The molecule has 2 N–H and O–H groups in total. The van der Waals surface area contributed by atoms with Crippen molar-refractivity contribution in [3.8, 4) is 5.75 Å². The van der Waals surface area contributed by atoms with Crippen molar-refractivity contribution in [3.05, 3.63) is 54.1 Å². The molecule has 0 radical (unpaired) electrons. The average Bonchev–Trinajstić information content (AvgIpc) is 2.57. The Kier molecular flexibility index (Phi) is 7.15. The van der Waals surface area contributed by atoms with Crippen molar-refractivity contribution < 1.29 is 14.4 Å². The van der Waals surface area contributed by atoms with Crippen molar-refractivity contribution >= 4 is 23.4 Å². The van der Waals surface area contributed by atoms with Crippen molar-refractivity contribution in [2.24, 2.45) is 0 Å². The molecule has 0 aromatic heterocycles. The van der Waals surface area contributed by atoms with Crippen LogP contribution in [0.15, 0.2) is 53.4 Å². The lowest BCUT2D eigenvalue weighted by Crippen LogP contribution is -3.10. The molecule has 2 rings (SSSR count). The summed E-state index contributed by atoms with van der Waals surface area (Å²) in [6, 6.07) is 15.8. The summed E-state index contributed by atoms with van der Waals surface area (Å²) in [5, 5.41) is 2.99. The standard InChI is InChI=1S/C19H24N2O2S/c1-15-8-10-16(11-9-15)23-13-12-21(2)14-19(22)20-17-6-4-5-7-18(17)24-3/h4-11H,12-14H2,1-3H3,(H,20,22)/p+1. The molecule has 4 nitrogen and oxygen atoms in total. The predicted molar refractivity (Wildman–Crippen MR) is 100 cm³/mol. The van der Waals surface area contributed by atoms with Gasteiger partial charge >= 0.3 is 0 Å². The van der Waals surface area contributed by atoms with Gasteiger partial charge in [0.25, 0.3) is 5.91 Å². The minimum atomic E-state index is 0.0179. The molecular formula is C19H25N2O2S+. The number of hydrogen-bond acceptors (Lipinski definition) is 3. The summed E-state index contributed by atoms with van der Waals surface area (Å²) < 4.78 is 5.71. The van der Waals surface area contributed by atoms with Crippen LogP contribution < -0.4 is 15.0 Å². The molecule has 0 aliphatic rings. The van der Waals surface area contributed by atoms with E-state index in [4.69, 9.17) is 4.74 Å². The van der Waals surface area contributed by atoms with E-state index in [9.17, 15) is 4.79 Å². The number of amides is 1. The van der Waals surface area contributed by atoms with Gasteiger partial charge in [-0.25, -0.2) is 0 Å². The SMILES string of the molecule is CSc1ccccc1NC(=O)C[NH+](C)CCOc1ccc(C)cc1. The molecule has 1 unspecified atom stereocenters. The third kappa shape index (κ3) is 5.91. The number of anilines is 1. The van der Waals surface area contributed by atoms with Crippen LogP contribution in [0, 0.1) is 6.92 Å². The number of ether oxygens (including phenoxy) is 1. The van der Waals surface area contributed by atoms with Gasteiger partial charge in [0.05, 0.1) is 12.7 Å². The zero-order chi connectivity index (χ0) is 17.4. The summed E-state index contributed by atoms with van der Waals surface area (Å²) in [5.74, 6) is 0.885. The molecule has 5 heteroatoms. The van der Waals surface area contributed by atoms with Gasteiger partial charge in [0.2, 0.25) is 0 Å². The van der Waals surface area contributed by atoms with Crippen LogP contribution in [0.3, 0.4) is 0 Å². The molecule has 128 valence electrons. The fourth-order valence-corrected chi connectivity index (χ4v) is 2.84. The van der Waals surface area contributed by atoms with E-state index in [2.05, 4.69) is 12.2 Å². The van der Waals surface area contributed by atoms with Gasteiger partial charge in [-0.2, -0.15) is 0 Å². The Morgan fingerprint density at radius 2 is 1.88 bits per heavy atom. The first-order chi connectivity index (χ1) is 11.6. The van der Waals surface area contributed by atoms with Crippen LogP contribution in [0.1, 0.15) is 5.56 Å². The molecule has 0 aliphatic carbocycles. The molecule has 0 bridgehead atoms. The van der Waals surface area contributed by atoms with Crippen molar-refractivity contribution in [1.82, 2.24) is 0 Å². The third-order valence-electron chi connectivity index (χ3n) is 3.66. The van der Waals surface area contributed by atoms with Crippen LogP contribution >= 0.6 is 11.8 Å². The van der Waals surface area contributed by atoms with Gasteiger partial charge < -0.3 is 15.0 Å². The number of carbonyl (C=O) groups is 1. The number of quaternary nitrogens is 1. The van der Waals surface area contributed by atoms with Gasteiger partial charge in [-0.05, 0) is 37.4 Å². The largest absolute Gasteiger partial charge is 0.488 e. The van der Waals surface area contributed by atoms with E-state index in [1.165, 1.54) is 5.56 Å². The second-order valence-corrected chi connectivity index (χ2v) is 6.64. The molecule has 0 aliphatic heterocycles. The fraction of sp³-hybridized carbons (Fsp3) is 0.316. The lowest BCUT2D eigenvalue weighted by molar-refractivity contribution is -0.871. The maximum atomic E-state index is 12.2. The molecule has 1 atom stereocenters. The molecule has 0 saturated carbocycles. The highest BCUT2D eigenvalue weighted by atomic mass is 32.2. The number of benzene rings is 2. The van der Waals surface area contributed by atoms with Gasteiger partial charge in [-0.1, -0.05) is 29.8 Å². The van der Waals surface area contributed by atoms with Crippen LogP contribution in [0.5, 0.6) is 5.75 Å². The number of thioether (sulfide) groups is 1. The topological polar surface area (TPSA) is 42.8 Å². The summed E-state index contributed by atoms with van der Waals surface area (Å²) in [7, 11) is 2.00. The van der Waals surface area contributed by atoms with Crippen LogP contribution in [-0.2, 0) is 4.79 Å². The molecule has 24 heavy (non-hydrogen) atoms. The Bertz CT molecular complexity index is 659. The van der Waals surface area contributed by atoms with Crippen LogP contribution in [0.2, 0.25) is 0 Å². The molecule has 0 saturated heterocycles. The first kappa shape index (κ1) is 18.4.